The minimum Gasteiger partial charge on any atom is -0.475 e. The van der Waals surface area contributed by atoms with Gasteiger partial charge in [0.2, 0.25) is 0 Å². The minimum absolute atomic E-state index is 0.630. The Hall–Kier alpha value is -2.61. The molecule has 0 atom stereocenters. The first-order chi connectivity index (χ1) is 8.78. The quantitative estimate of drug-likeness (QED) is 0.659. The Bertz CT molecular complexity index is 388. The van der Waals surface area contributed by atoms with Gasteiger partial charge in [-0.3, -0.25) is 0 Å². The van der Waals surface area contributed by atoms with Gasteiger partial charge >= 0.3 is 30.3 Å². The minimum atomic E-state index is -5.08. The van der Waals surface area contributed by atoms with Crippen LogP contribution in [0.4, 0.5) is 31.1 Å². The Balaban J connectivity index is 0. The largest absolute Gasteiger partial charge is 0.490 e. The summed E-state index contributed by atoms with van der Waals surface area (Å²) in [5.74, 6) is -5.51. The smallest absolute Gasteiger partial charge is 0.475 e. The fourth-order valence-corrected chi connectivity index (χ4v) is 0.137. The molecule has 1 aliphatic heterocycles. The van der Waals surface area contributed by atoms with Gasteiger partial charge in [0.1, 0.15) is 0 Å². The molecule has 0 saturated heterocycles. The van der Waals surface area contributed by atoms with Crippen LogP contribution < -0.4 is 0 Å². The lowest BCUT2D eigenvalue weighted by Gasteiger charge is -1.93. The molecule has 114 valence electrons. The number of hydrogen-bond donors (Lipinski definition) is 2. The predicted octanol–water partition coefficient (Wildman–Crippen LogP) is 2.21. The topological polar surface area (TPSA) is 141 Å². The van der Waals surface area contributed by atoms with Gasteiger partial charge in [0.25, 0.3) is 0 Å². The number of carboxylic acid groups (broad SMARTS) is 2. The molecule has 0 aliphatic carbocycles. The average molecular weight is 312 g/mol. The van der Waals surface area contributed by atoms with Crippen molar-refractivity contribution in [2.45, 2.75) is 12.4 Å². The molecule has 2 amide bonds. The van der Waals surface area contributed by atoms with Crippen molar-refractivity contribution in [3.05, 3.63) is 0 Å². The number of aliphatic carboxylic acids is 2. The summed E-state index contributed by atoms with van der Waals surface area (Å²) in [5.41, 5.74) is 0. The van der Waals surface area contributed by atoms with Crippen LogP contribution in [0, 0.1) is 0 Å². The fraction of sp³-hybridized carbons (Fsp3) is 0.400. The van der Waals surface area contributed by atoms with Crippen LogP contribution >= 0.6 is 0 Å². The number of carbonyl (C=O) groups is 3. The maximum absolute atomic E-state index is 10.6. The fourth-order valence-electron chi connectivity index (χ4n) is 0.137. The van der Waals surface area contributed by atoms with Crippen molar-refractivity contribution in [1.82, 2.24) is 0 Å². The van der Waals surface area contributed by atoms with E-state index in [2.05, 4.69) is 20.7 Å². The van der Waals surface area contributed by atoms with E-state index >= 15 is 0 Å². The molecule has 0 aromatic rings. The van der Waals surface area contributed by atoms with Gasteiger partial charge in [-0.25, -0.2) is 14.4 Å². The average Bonchev–Trinajstić information content (AvgIpc) is 2.67. The number of nitrogens with zero attached hydrogens (tertiary/aromatic N) is 4. The van der Waals surface area contributed by atoms with Crippen LogP contribution in [0.5, 0.6) is 0 Å². The summed E-state index contributed by atoms with van der Waals surface area (Å²) >= 11 is 0. The molecular formula is C5H2F6N4O5. The third-order valence-electron chi connectivity index (χ3n) is 0.786. The lowest BCUT2D eigenvalue weighted by molar-refractivity contribution is -0.193. The van der Waals surface area contributed by atoms with Crippen LogP contribution in [-0.2, 0) is 9.59 Å². The molecule has 1 heterocycles. The SMILES string of the molecule is O=C(O)C(F)(F)F.O=C(O)C(F)(F)F.O=C1N=NN=N1. The van der Waals surface area contributed by atoms with Crippen molar-refractivity contribution in [2.24, 2.45) is 20.7 Å². The van der Waals surface area contributed by atoms with Gasteiger partial charge in [0.05, 0.1) is 0 Å². The van der Waals surface area contributed by atoms with Gasteiger partial charge in [0.15, 0.2) is 0 Å². The molecule has 0 fully saturated rings. The van der Waals surface area contributed by atoms with E-state index in [4.69, 9.17) is 19.8 Å². The number of urea groups is 1. The Kier molecular flexibility index (Phi) is 7.64. The molecule has 0 unspecified atom stereocenters. The second-order valence-electron chi connectivity index (χ2n) is 2.27. The van der Waals surface area contributed by atoms with E-state index in [1.54, 1.807) is 0 Å². The van der Waals surface area contributed by atoms with E-state index in [1.165, 1.54) is 0 Å². The summed E-state index contributed by atoms with van der Waals surface area (Å²) in [7, 11) is 0. The lowest BCUT2D eigenvalue weighted by atomic mass is 10.7. The normalized spacial score (nSPS) is 13.0. The molecule has 0 aromatic heterocycles. The third-order valence-corrected chi connectivity index (χ3v) is 0.786. The van der Waals surface area contributed by atoms with Gasteiger partial charge in [-0.2, -0.15) is 26.3 Å². The summed E-state index contributed by atoms with van der Waals surface area (Å²) < 4.78 is 63.5. The van der Waals surface area contributed by atoms with Crippen molar-refractivity contribution in [3.63, 3.8) is 0 Å². The summed E-state index contributed by atoms with van der Waals surface area (Å²) in [5, 5.41) is 25.8. The number of carbonyl (C=O) groups excluding carboxylic acids is 1. The Morgan fingerprint density at radius 2 is 1.00 bits per heavy atom. The zero-order valence-electron chi connectivity index (χ0n) is 8.68. The molecule has 0 radical (unpaired) electrons. The van der Waals surface area contributed by atoms with Gasteiger partial charge in [0, 0.05) is 0 Å². The second kappa shape index (κ2) is 7.74. The molecular weight excluding hydrogens is 310 g/mol. The summed E-state index contributed by atoms with van der Waals surface area (Å²) in [6.45, 7) is 0. The van der Waals surface area contributed by atoms with Crippen molar-refractivity contribution >= 4 is 18.0 Å². The molecule has 1 aliphatic rings. The first kappa shape index (κ1) is 19.7. The van der Waals surface area contributed by atoms with E-state index in [0.717, 1.165) is 0 Å². The van der Waals surface area contributed by atoms with Crippen LogP contribution in [0.15, 0.2) is 20.7 Å². The van der Waals surface area contributed by atoms with Gasteiger partial charge in [-0.05, 0) is 10.4 Å². The molecule has 15 heteroatoms. The molecule has 0 spiro atoms. The van der Waals surface area contributed by atoms with Crippen LogP contribution in [0.25, 0.3) is 0 Å². The number of halogens is 6. The van der Waals surface area contributed by atoms with Crippen molar-refractivity contribution in [2.75, 3.05) is 0 Å². The Morgan fingerprint density at radius 3 is 1.05 bits per heavy atom. The molecule has 9 nitrogen and oxygen atoms in total. The van der Waals surface area contributed by atoms with Crippen molar-refractivity contribution in [1.29, 1.82) is 0 Å². The van der Waals surface area contributed by atoms with Crippen LogP contribution in [0.2, 0.25) is 0 Å². The van der Waals surface area contributed by atoms with Crippen molar-refractivity contribution < 1.29 is 50.9 Å². The molecule has 0 aromatic carbocycles. The number of carboxylic acids is 2. The van der Waals surface area contributed by atoms with Gasteiger partial charge < -0.3 is 10.2 Å². The zero-order chi connectivity index (χ0) is 16.6. The standard InChI is InChI=1S/2C2HF3O2.CN4O/c2*3-2(4,5)1(6)7;6-1-2-4-5-3-1/h2*(H,6,7);. The monoisotopic (exact) mass is 312 g/mol. The maximum Gasteiger partial charge on any atom is 0.490 e. The highest BCUT2D eigenvalue weighted by Gasteiger charge is 2.38. The molecule has 0 saturated carbocycles. The van der Waals surface area contributed by atoms with E-state index in [1.807, 2.05) is 0 Å². The maximum atomic E-state index is 10.6. The first-order valence-electron chi connectivity index (χ1n) is 3.74. The molecule has 0 bridgehead atoms. The van der Waals surface area contributed by atoms with E-state index < -0.39 is 30.3 Å². The second-order valence-corrected chi connectivity index (χ2v) is 2.27. The van der Waals surface area contributed by atoms with Gasteiger partial charge in [-0.1, -0.05) is 10.2 Å². The Morgan fingerprint density at radius 1 is 0.800 bits per heavy atom. The predicted molar refractivity (Wildman–Crippen MR) is 42.5 cm³/mol. The number of alkyl halides is 6. The highest BCUT2D eigenvalue weighted by molar-refractivity contribution is 5.75. The first-order valence-corrected chi connectivity index (χ1v) is 3.74. The Labute approximate surface area is 103 Å². The summed E-state index contributed by atoms with van der Waals surface area (Å²) in [6, 6.07) is -0.630. The van der Waals surface area contributed by atoms with E-state index in [0.29, 0.717) is 0 Å². The van der Waals surface area contributed by atoms with E-state index in [-0.39, 0.29) is 0 Å². The third kappa shape index (κ3) is 11.9. The zero-order valence-corrected chi connectivity index (χ0v) is 8.68. The van der Waals surface area contributed by atoms with Crippen LogP contribution in [-0.4, -0.2) is 40.5 Å². The van der Waals surface area contributed by atoms with Crippen molar-refractivity contribution in [3.8, 4) is 0 Å². The van der Waals surface area contributed by atoms with E-state index in [9.17, 15) is 31.1 Å². The van der Waals surface area contributed by atoms with Gasteiger partial charge in [-0.15, -0.1) is 0 Å². The molecule has 1 rings (SSSR count). The highest BCUT2D eigenvalue weighted by atomic mass is 19.4. The number of rotatable bonds is 0. The highest BCUT2D eigenvalue weighted by Crippen LogP contribution is 2.13. The summed E-state index contributed by atoms with van der Waals surface area (Å²) in [4.78, 5) is 27.5. The molecule has 2 N–H and O–H groups in total. The van der Waals surface area contributed by atoms with Crippen LogP contribution in [0.1, 0.15) is 0 Å². The molecule has 20 heavy (non-hydrogen) atoms. The number of amides is 2. The van der Waals surface area contributed by atoms with Crippen LogP contribution in [0.3, 0.4) is 0 Å². The lowest BCUT2D eigenvalue weighted by Crippen LogP contribution is -2.21. The summed E-state index contributed by atoms with van der Waals surface area (Å²) in [6.07, 6.45) is -10.2. The number of hydrogen-bond acceptors (Lipinski definition) is 5.